The first kappa shape index (κ1) is 32.7. The van der Waals surface area contributed by atoms with E-state index in [0.29, 0.717) is 12.2 Å². The molecule has 0 saturated carbocycles. The predicted molar refractivity (Wildman–Crippen MR) is 159 cm³/mol. The molecule has 2 heterocycles. The molecular formula is C30H32F3N5O5S. The van der Waals surface area contributed by atoms with Crippen molar-refractivity contribution in [3.63, 3.8) is 0 Å². The molecule has 234 valence electrons. The number of nitrogens with zero attached hydrogens (tertiary/aromatic N) is 5. The number of thiol groups is 1. The number of carbonyl (C=O) groups is 2. The Morgan fingerprint density at radius 1 is 1.16 bits per heavy atom. The van der Waals surface area contributed by atoms with Crippen molar-refractivity contribution in [1.82, 2.24) is 9.97 Å². The number of benzene rings is 2. The van der Waals surface area contributed by atoms with Gasteiger partial charge in [-0.15, -0.1) is 12.6 Å². The summed E-state index contributed by atoms with van der Waals surface area (Å²) in [6, 6.07) is 8.16. The molecule has 1 aliphatic heterocycles. The third-order valence-electron chi connectivity index (χ3n) is 6.75. The van der Waals surface area contributed by atoms with E-state index in [1.807, 2.05) is 0 Å². The number of aryl methyl sites for hydroxylation is 1. The zero-order valence-corrected chi connectivity index (χ0v) is 25.9. The lowest BCUT2D eigenvalue weighted by atomic mass is 10.0. The van der Waals surface area contributed by atoms with Crippen molar-refractivity contribution in [2.24, 2.45) is 0 Å². The lowest BCUT2D eigenvalue weighted by Crippen LogP contribution is -2.45. The fourth-order valence-corrected chi connectivity index (χ4v) is 5.40. The van der Waals surface area contributed by atoms with Crippen molar-refractivity contribution < 1.29 is 37.0 Å². The number of carbonyl (C=O) groups excluding carboxylic acids is 2. The van der Waals surface area contributed by atoms with Gasteiger partial charge in [-0.1, -0.05) is 6.92 Å². The number of halogens is 3. The van der Waals surface area contributed by atoms with Crippen LogP contribution in [0.2, 0.25) is 0 Å². The zero-order chi connectivity index (χ0) is 32.6. The quantitative estimate of drug-likeness (QED) is 0.173. The first-order valence-corrected chi connectivity index (χ1v) is 14.2. The Balaban J connectivity index is 1.70. The Morgan fingerprint density at radius 2 is 1.86 bits per heavy atom. The number of anilines is 2. The van der Waals surface area contributed by atoms with E-state index in [1.165, 1.54) is 28.0 Å². The molecule has 4 rings (SSSR count). The Bertz CT molecular complexity index is 1640. The molecule has 10 nitrogen and oxygen atoms in total. The highest BCUT2D eigenvalue weighted by Gasteiger charge is 2.51. The van der Waals surface area contributed by atoms with E-state index in [4.69, 9.17) is 14.2 Å². The lowest BCUT2D eigenvalue weighted by Gasteiger charge is -2.33. The van der Waals surface area contributed by atoms with Crippen LogP contribution in [0.4, 0.5) is 29.3 Å². The topological polar surface area (TPSA) is 118 Å². The summed E-state index contributed by atoms with van der Waals surface area (Å²) in [5.41, 5.74) is -3.52. The molecule has 3 aromatic rings. The van der Waals surface area contributed by atoms with Crippen LogP contribution in [0.3, 0.4) is 0 Å². The van der Waals surface area contributed by atoms with Gasteiger partial charge in [0.2, 0.25) is 5.88 Å². The molecule has 1 amide bonds. The first-order valence-electron chi connectivity index (χ1n) is 13.7. The summed E-state index contributed by atoms with van der Waals surface area (Å²) in [5.74, 6) is -0.857. The smallest absolute Gasteiger partial charge is 0.474 e. The van der Waals surface area contributed by atoms with Gasteiger partial charge >= 0.3 is 6.16 Å². The van der Waals surface area contributed by atoms with Crippen molar-refractivity contribution in [3.8, 4) is 11.9 Å². The second-order valence-electron chi connectivity index (χ2n) is 11.4. The van der Waals surface area contributed by atoms with Crippen molar-refractivity contribution in [2.75, 3.05) is 23.0 Å². The second kappa shape index (κ2) is 12.4. The predicted octanol–water partition coefficient (Wildman–Crippen LogP) is 6.32. The van der Waals surface area contributed by atoms with Crippen molar-refractivity contribution in [1.29, 1.82) is 5.26 Å². The van der Waals surface area contributed by atoms with Crippen LogP contribution in [0.5, 0.6) is 5.88 Å². The highest BCUT2D eigenvalue weighted by Crippen LogP contribution is 2.43. The summed E-state index contributed by atoms with van der Waals surface area (Å²) >= 11 is 4.65. The summed E-state index contributed by atoms with van der Waals surface area (Å²) in [4.78, 5) is 37.0. The monoisotopic (exact) mass is 631 g/mol. The van der Waals surface area contributed by atoms with Gasteiger partial charge in [0, 0.05) is 23.4 Å². The number of nitriles is 1. The van der Waals surface area contributed by atoms with E-state index in [2.05, 4.69) is 22.6 Å². The normalized spacial score (nSPS) is 16.4. The molecule has 14 heteroatoms. The molecule has 1 aromatic heterocycles. The fourth-order valence-electron chi connectivity index (χ4n) is 4.74. The molecule has 0 N–H and O–H groups in total. The minimum atomic E-state index is -2.94. The summed E-state index contributed by atoms with van der Waals surface area (Å²) < 4.78 is 59.0. The van der Waals surface area contributed by atoms with Crippen LogP contribution in [-0.4, -0.2) is 51.9 Å². The zero-order valence-electron chi connectivity index (χ0n) is 25.0. The van der Waals surface area contributed by atoms with Crippen molar-refractivity contribution in [2.45, 2.75) is 71.0 Å². The number of hydrogen-bond donors (Lipinski definition) is 1. The highest BCUT2D eigenvalue weighted by atomic mass is 32.1. The van der Waals surface area contributed by atoms with Gasteiger partial charge in [-0.3, -0.25) is 9.69 Å². The SMILES string of the molecule is CCc1nc(OCCOC(=O)OC(C)(C)C)c2cc(N3C(S)N(c4ccc(C#N)c(C(F)F)c4)C(=O)C3(C)C)cc(F)c2n1. The van der Waals surface area contributed by atoms with E-state index in [1.54, 1.807) is 53.7 Å². The summed E-state index contributed by atoms with van der Waals surface area (Å²) in [6.45, 7) is 9.80. The lowest BCUT2D eigenvalue weighted by molar-refractivity contribution is -0.120. The number of aromatic nitrogens is 2. The molecule has 1 atom stereocenters. The number of rotatable bonds is 8. The summed E-state index contributed by atoms with van der Waals surface area (Å²) in [5, 5.41) is 9.42. The molecule has 44 heavy (non-hydrogen) atoms. The molecule has 1 fully saturated rings. The van der Waals surface area contributed by atoms with E-state index in [9.17, 15) is 23.6 Å². The van der Waals surface area contributed by atoms with Gasteiger partial charge < -0.3 is 19.1 Å². The average Bonchev–Trinajstić information content (AvgIpc) is 3.12. The molecule has 2 aromatic carbocycles. The largest absolute Gasteiger partial charge is 0.508 e. The van der Waals surface area contributed by atoms with Crippen molar-refractivity contribution in [3.05, 3.63) is 53.1 Å². The minimum Gasteiger partial charge on any atom is -0.474 e. The standard InChI is InChI=1S/C30H32F3N5O5S/c1-7-22-35-23-20(25(36-22)41-10-11-42-28(40)43-29(2,3)4)13-18(14-21(23)31)38-27(44)37(26(39)30(38,5)6)17-9-8-16(15-34)19(12-17)24(32)33/h8-9,12-14,24,27,44H,7,10-11H2,1-6H3. The van der Waals surface area contributed by atoms with E-state index in [-0.39, 0.29) is 46.9 Å². The van der Waals surface area contributed by atoms with Crippen LogP contribution < -0.4 is 14.5 Å². The average molecular weight is 632 g/mol. The maximum absolute atomic E-state index is 15.7. The molecular weight excluding hydrogens is 599 g/mol. The summed E-state index contributed by atoms with van der Waals surface area (Å²) in [7, 11) is 0. The van der Waals surface area contributed by atoms with Crippen LogP contribution in [0.1, 0.15) is 64.9 Å². The molecule has 0 spiro atoms. The van der Waals surface area contributed by atoms with Crippen LogP contribution >= 0.6 is 12.6 Å². The van der Waals surface area contributed by atoms with Gasteiger partial charge in [0.15, 0.2) is 11.3 Å². The van der Waals surface area contributed by atoms with E-state index in [0.717, 1.165) is 6.07 Å². The van der Waals surface area contributed by atoms with Crippen LogP contribution in [-0.2, 0) is 20.7 Å². The number of fused-ring (bicyclic) bond motifs is 1. The maximum Gasteiger partial charge on any atom is 0.508 e. The van der Waals surface area contributed by atoms with Gasteiger partial charge in [0.25, 0.3) is 12.3 Å². The third kappa shape index (κ3) is 6.47. The summed E-state index contributed by atoms with van der Waals surface area (Å²) in [6.07, 6.45) is -3.43. The number of hydrogen-bond acceptors (Lipinski definition) is 10. The van der Waals surface area contributed by atoms with Gasteiger partial charge in [-0.2, -0.15) is 10.2 Å². The Hall–Kier alpha value is -4.25. The highest BCUT2D eigenvalue weighted by molar-refractivity contribution is 7.81. The van der Waals surface area contributed by atoms with Crippen molar-refractivity contribution >= 4 is 47.0 Å². The van der Waals surface area contributed by atoms with Gasteiger partial charge in [0.05, 0.1) is 17.0 Å². The number of amides is 1. The minimum absolute atomic E-state index is 0.0202. The molecule has 1 saturated heterocycles. The molecule has 1 aliphatic rings. The Morgan fingerprint density at radius 3 is 2.48 bits per heavy atom. The Labute approximate surface area is 258 Å². The maximum atomic E-state index is 15.7. The molecule has 0 aliphatic carbocycles. The molecule has 0 radical (unpaired) electrons. The first-order chi connectivity index (χ1) is 20.6. The molecule has 1 unspecified atom stereocenters. The fraction of sp³-hybridized carbons (Fsp3) is 0.433. The third-order valence-corrected chi connectivity index (χ3v) is 7.21. The van der Waals surface area contributed by atoms with Crippen LogP contribution in [0.15, 0.2) is 30.3 Å². The van der Waals surface area contributed by atoms with Gasteiger partial charge in [-0.05, 0) is 65.0 Å². The van der Waals surface area contributed by atoms with Gasteiger partial charge in [0.1, 0.15) is 35.7 Å². The number of ether oxygens (including phenoxy) is 3. The second-order valence-corrected chi connectivity index (χ2v) is 11.9. The number of alkyl halides is 2. The van der Waals surface area contributed by atoms with Crippen LogP contribution in [0.25, 0.3) is 10.9 Å². The van der Waals surface area contributed by atoms with E-state index < -0.39 is 46.5 Å². The van der Waals surface area contributed by atoms with Gasteiger partial charge in [-0.25, -0.2) is 22.9 Å². The van der Waals surface area contributed by atoms with E-state index >= 15 is 4.39 Å². The molecule has 0 bridgehead atoms. The Kier molecular flexibility index (Phi) is 9.20. The van der Waals surface area contributed by atoms with Crippen LogP contribution in [0, 0.1) is 17.1 Å².